The van der Waals surface area contributed by atoms with Crippen LogP contribution in [0.2, 0.25) is 10.0 Å². The highest BCUT2D eigenvalue weighted by atomic mass is 35.5. The number of benzene rings is 2. The summed E-state index contributed by atoms with van der Waals surface area (Å²) >= 11 is 11.8. The number of ether oxygens (including phenoxy) is 1. The van der Waals surface area contributed by atoms with E-state index in [-0.39, 0.29) is 12.2 Å². The molecule has 0 saturated carbocycles. The maximum absolute atomic E-state index is 12.4. The summed E-state index contributed by atoms with van der Waals surface area (Å²) in [7, 11) is 1.30. The van der Waals surface area contributed by atoms with Gasteiger partial charge in [0.25, 0.3) is 0 Å². The summed E-state index contributed by atoms with van der Waals surface area (Å²) in [4.78, 5) is 24.4. The van der Waals surface area contributed by atoms with E-state index in [1.54, 1.807) is 48.5 Å². The number of halogens is 2. The molecule has 0 aliphatic rings. The van der Waals surface area contributed by atoms with Gasteiger partial charge >= 0.3 is 5.97 Å². The molecule has 0 aliphatic heterocycles. The maximum atomic E-state index is 12.4. The fraction of sp³-hybridized carbons (Fsp3) is 0.176. The van der Waals surface area contributed by atoms with Crippen molar-refractivity contribution in [3.05, 3.63) is 69.7 Å². The fourth-order valence-electron chi connectivity index (χ4n) is 2.14. The zero-order valence-electron chi connectivity index (χ0n) is 11.9. The molecule has 1 atom stereocenters. The van der Waals surface area contributed by atoms with E-state index in [0.29, 0.717) is 21.2 Å². The van der Waals surface area contributed by atoms with E-state index in [4.69, 9.17) is 27.9 Å². The number of esters is 1. The number of methoxy groups -OCH3 is 1. The number of carbonyl (C=O) groups excluding carboxylic acids is 2. The molecule has 0 fully saturated rings. The lowest BCUT2D eigenvalue weighted by atomic mass is 9.91. The highest BCUT2D eigenvalue weighted by molar-refractivity contribution is 6.31. The van der Waals surface area contributed by atoms with Crippen LogP contribution in [-0.4, -0.2) is 18.9 Å². The van der Waals surface area contributed by atoms with Gasteiger partial charge in [0.15, 0.2) is 5.78 Å². The molecule has 3 nitrogen and oxygen atoms in total. The Bertz CT molecular complexity index is 681. The van der Waals surface area contributed by atoms with Gasteiger partial charge in [0.05, 0.1) is 13.0 Å². The summed E-state index contributed by atoms with van der Waals surface area (Å²) in [6, 6.07) is 13.4. The molecule has 0 aromatic heterocycles. The minimum absolute atomic E-state index is 0.00858. The summed E-state index contributed by atoms with van der Waals surface area (Å²) in [5.74, 6) is -1.32. The molecule has 0 heterocycles. The molecule has 0 radical (unpaired) electrons. The third-order valence-electron chi connectivity index (χ3n) is 3.29. The molecule has 0 bridgehead atoms. The van der Waals surface area contributed by atoms with Gasteiger partial charge in [0.1, 0.15) is 0 Å². The molecule has 0 N–H and O–H groups in total. The van der Waals surface area contributed by atoms with Crippen LogP contribution in [0.25, 0.3) is 0 Å². The summed E-state index contributed by atoms with van der Waals surface area (Å²) in [6.07, 6.45) is 0.00858. The number of carbonyl (C=O) groups is 2. The van der Waals surface area contributed by atoms with Crippen molar-refractivity contribution in [2.75, 3.05) is 7.11 Å². The largest absolute Gasteiger partial charge is 0.469 e. The maximum Gasteiger partial charge on any atom is 0.313 e. The van der Waals surface area contributed by atoms with Crippen molar-refractivity contribution < 1.29 is 14.3 Å². The molecule has 2 aromatic carbocycles. The Kier molecular flexibility index (Phi) is 5.58. The first kappa shape index (κ1) is 16.5. The Morgan fingerprint density at radius 2 is 1.73 bits per heavy atom. The van der Waals surface area contributed by atoms with Crippen LogP contribution in [0.1, 0.15) is 28.3 Å². The first-order valence-electron chi connectivity index (χ1n) is 6.63. The van der Waals surface area contributed by atoms with Gasteiger partial charge in [-0.3, -0.25) is 9.59 Å². The normalized spacial score (nSPS) is 11.8. The fourth-order valence-corrected chi connectivity index (χ4v) is 2.47. The lowest BCUT2D eigenvalue weighted by Crippen LogP contribution is -2.18. The van der Waals surface area contributed by atoms with Crippen molar-refractivity contribution in [2.45, 2.75) is 12.3 Å². The van der Waals surface area contributed by atoms with Gasteiger partial charge in [-0.2, -0.15) is 0 Å². The van der Waals surface area contributed by atoms with Crippen molar-refractivity contribution >= 4 is 35.0 Å². The molecular formula is C17H14Cl2O3. The number of Topliss-reactive ketones (excluding diaryl/α,β-unsaturated/α-hetero) is 1. The second-order valence-corrected chi connectivity index (χ2v) is 5.64. The van der Waals surface area contributed by atoms with E-state index in [9.17, 15) is 9.59 Å². The summed E-state index contributed by atoms with van der Waals surface area (Å²) in [6.45, 7) is 0. The zero-order valence-corrected chi connectivity index (χ0v) is 13.4. The molecule has 0 aliphatic carbocycles. The van der Waals surface area contributed by atoms with E-state index >= 15 is 0 Å². The number of ketones is 1. The first-order chi connectivity index (χ1) is 10.5. The van der Waals surface area contributed by atoms with Gasteiger partial charge in [0.2, 0.25) is 0 Å². The van der Waals surface area contributed by atoms with Crippen molar-refractivity contribution in [3.8, 4) is 0 Å². The highest BCUT2D eigenvalue weighted by Gasteiger charge is 2.25. The predicted molar refractivity (Wildman–Crippen MR) is 86.6 cm³/mol. The number of hydrogen-bond donors (Lipinski definition) is 0. The second-order valence-electron chi connectivity index (χ2n) is 4.76. The predicted octanol–water partition coefficient (Wildman–Crippen LogP) is 4.52. The van der Waals surface area contributed by atoms with Crippen molar-refractivity contribution in [1.29, 1.82) is 0 Å². The van der Waals surface area contributed by atoms with Gasteiger partial charge in [-0.25, -0.2) is 0 Å². The van der Waals surface area contributed by atoms with Crippen LogP contribution in [0.5, 0.6) is 0 Å². The third-order valence-corrected chi connectivity index (χ3v) is 3.78. The van der Waals surface area contributed by atoms with Crippen LogP contribution in [0.4, 0.5) is 0 Å². The third kappa shape index (κ3) is 4.09. The van der Waals surface area contributed by atoms with Crippen molar-refractivity contribution in [3.63, 3.8) is 0 Å². The topological polar surface area (TPSA) is 43.4 Å². The number of rotatable bonds is 5. The Morgan fingerprint density at radius 1 is 1.05 bits per heavy atom. The van der Waals surface area contributed by atoms with Gasteiger partial charge < -0.3 is 4.74 Å². The second kappa shape index (κ2) is 7.43. The monoisotopic (exact) mass is 336 g/mol. The van der Waals surface area contributed by atoms with Crippen LogP contribution in [0, 0.1) is 0 Å². The van der Waals surface area contributed by atoms with Gasteiger partial charge in [-0.05, 0) is 42.0 Å². The summed E-state index contributed by atoms with van der Waals surface area (Å²) < 4.78 is 4.81. The average Bonchev–Trinajstić information content (AvgIpc) is 2.52. The summed E-state index contributed by atoms with van der Waals surface area (Å²) in [5.41, 5.74) is 1.15. The summed E-state index contributed by atoms with van der Waals surface area (Å²) in [5, 5.41) is 1.06. The molecule has 114 valence electrons. The molecule has 0 amide bonds. The SMILES string of the molecule is COC(=O)[C@H](CC(=O)c1ccc(Cl)cc1)c1cccc(Cl)c1. The van der Waals surface area contributed by atoms with Gasteiger partial charge in [-0.15, -0.1) is 0 Å². The lowest BCUT2D eigenvalue weighted by Gasteiger charge is -2.14. The van der Waals surface area contributed by atoms with Crippen LogP contribution >= 0.6 is 23.2 Å². The van der Waals surface area contributed by atoms with Crippen LogP contribution in [0.3, 0.4) is 0 Å². The van der Waals surface area contributed by atoms with Gasteiger partial charge in [0, 0.05) is 22.0 Å². The van der Waals surface area contributed by atoms with Gasteiger partial charge in [-0.1, -0.05) is 35.3 Å². The Hall–Kier alpha value is -1.84. The van der Waals surface area contributed by atoms with E-state index < -0.39 is 11.9 Å². The standard InChI is InChI=1S/C17H14Cl2O3/c1-22-17(21)15(12-3-2-4-14(19)9-12)10-16(20)11-5-7-13(18)8-6-11/h2-9,15H,10H2,1H3/t15-/m1/s1. The molecule has 22 heavy (non-hydrogen) atoms. The minimum atomic E-state index is -0.688. The molecule has 0 unspecified atom stereocenters. The van der Waals surface area contributed by atoms with E-state index in [1.165, 1.54) is 7.11 Å². The molecule has 2 aromatic rings. The van der Waals surface area contributed by atoms with E-state index in [2.05, 4.69) is 0 Å². The molecular weight excluding hydrogens is 323 g/mol. The molecule has 2 rings (SSSR count). The Morgan fingerprint density at radius 3 is 2.32 bits per heavy atom. The van der Waals surface area contributed by atoms with E-state index in [1.807, 2.05) is 0 Å². The smallest absolute Gasteiger partial charge is 0.313 e. The van der Waals surface area contributed by atoms with Crippen molar-refractivity contribution in [1.82, 2.24) is 0 Å². The van der Waals surface area contributed by atoms with E-state index in [0.717, 1.165) is 0 Å². The lowest BCUT2D eigenvalue weighted by molar-refractivity contribution is -0.142. The molecule has 0 saturated heterocycles. The molecule has 5 heteroatoms. The van der Waals surface area contributed by atoms with Crippen LogP contribution < -0.4 is 0 Å². The molecule has 0 spiro atoms. The Balaban J connectivity index is 2.25. The number of hydrogen-bond acceptors (Lipinski definition) is 3. The highest BCUT2D eigenvalue weighted by Crippen LogP contribution is 2.26. The first-order valence-corrected chi connectivity index (χ1v) is 7.39. The van der Waals surface area contributed by atoms with Crippen LogP contribution in [0.15, 0.2) is 48.5 Å². The quantitative estimate of drug-likeness (QED) is 0.595. The minimum Gasteiger partial charge on any atom is -0.469 e. The average molecular weight is 337 g/mol. The van der Waals surface area contributed by atoms with Crippen LogP contribution in [-0.2, 0) is 9.53 Å². The zero-order chi connectivity index (χ0) is 16.1. The van der Waals surface area contributed by atoms with Crippen molar-refractivity contribution in [2.24, 2.45) is 0 Å². The Labute approximate surface area is 138 Å².